The quantitative estimate of drug-likeness (QED) is 0.677. The number of halogens is 2. The van der Waals surface area contributed by atoms with Crippen LogP contribution in [0.5, 0.6) is 0 Å². The van der Waals surface area contributed by atoms with Gasteiger partial charge in [-0.25, -0.2) is 4.79 Å². The van der Waals surface area contributed by atoms with E-state index in [2.05, 4.69) is 10.6 Å². The molecule has 1 aliphatic rings. The molecule has 0 bridgehead atoms. The monoisotopic (exact) mass is 316 g/mol. The van der Waals surface area contributed by atoms with Crippen LogP contribution < -0.4 is 10.6 Å². The number of para-hydroxylation sites is 1. The van der Waals surface area contributed by atoms with Crippen LogP contribution in [0, 0.1) is 5.92 Å². The molecule has 1 aromatic rings. The second-order valence-electron chi connectivity index (χ2n) is 4.93. The number of carbonyl (C=O) groups is 1. The van der Waals surface area contributed by atoms with E-state index < -0.39 is 11.8 Å². The summed E-state index contributed by atoms with van der Waals surface area (Å²) in [5, 5.41) is 14.4. The Hall–Kier alpha value is -1.34. The molecule has 1 unspecified atom stereocenters. The SMILES string of the molecule is O=C(Nc1ccccc1SC(F)F)NC(CCO)C1CC1. The van der Waals surface area contributed by atoms with Crippen LogP contribution in [0.3, 0.4) is 0 Å². The predicted molar refractivity (Wildman–Crippen MR) is 78.7 cm³/mol. The first kappa shape index (κ1) is 16.0. The Morgan fingerprint density at radius 2 is 2.10 bits per heavy atom. The summed E-state index contributed by atoms with van der Waals surface area (Å²) in [7, 11) is 0. The van der Waals surface area contributed by atoms with E-state index in [1.807, 2.05) is 0 Å². The van der Waals surface area contributed by atoms with Gasteiger partial charge in [-0.2, -0.15) is 8.78 Å². The summed E-state index contributed by atoms with van der Waals surface area (Å²) in [4.78, 5) is 12.3. The second kappa shape index (κ2) is 7.61. The topological polar surface area (TPSA) is 61.4 Å². The highest BCUT2D eigenvalue weighted by atomic mass is 32.2. The summed E-state index contributed by atoms with van der Waals surface area (Å²) in [6.45, 7) is 0.0132. The average molecular weight is 316 g/mol. The van der Waals surface area contributed by atoms with Gasteiger partial charge in [0.2, 0.25) is 0 Å². The van der Waals surface area contributed by atoms with Crippen LogP contribution >= 0.6 is 11.8 Å². The minimum atomic E-state index is -2.54. The highest BCUT2D eigenvalue weighted by Gasteiger charge is 2.31. The van der Waals surface area contributed by atoms with Gasteiger partial charge in [-0.15, -0.1) is 0 Å². The molecule has 3 N–H and O–H groups in total. The van der Waals surface area contributed by atoms with Crippen molar-refractivity contribution in [2.75, 3.05) is 11.9 Å². The number of thioether (sulfide) groups is 1. The first-order valence-corrected chi connectivity index (χ1v) is 7.70. The van der Waals surface area contributed by atoms with E-state index >= 15 is 0 Å². The van der Waals surface area contributed by atoms with Crippen LogP contribution in [0.15, 0.2) is 29.2 Å². The van der Waals surface area contributed by atoms with Crippen molar-refractivity contribution in [3.05, 3.63) is 24.3 Å². The van der Waals surface area contributed by atoms with E-state index in [0.717, 1.165) is 12.8 Å². The molecule has 2 amide bonds. The molecule has 0 heterocycles. The number of anilines is 1. The lowest BCUT2D eigenvalue weighted by Gasteiger charge is -2.18. The third-order valence-corrected chi connectivity index (χ3v) is 4.09. The molecule has 2 rings (SSSR count). The van der Waals surface area contributed by atoms with E-state index in [1.54, 1.807) is 24.3 Å². The smallest absolute Gasteiger partial charge is 0.319 e. The Bertz CT molecular complexity index is 484. The lowest BCUT2D eigenvalue weighted by atomic mass is 10.1. The molecule has 21 heavy (non-hydrogen) atoms. The lowest BCUT2D eigenvalue weighted by Crippen LogP contribution is -2.40. The number of urea groups is 1. The molecule has 4 nitrogen and oxygen atoms in total. The number of rotatable bonds is 7. The maximum atomic E-state index is 12.5. The zero-order chi connectivity index (χ0) is 15.2. The largest absolute Gasteiger partial charge is 0.396 e. The van der Waals surface area contributed by atoms with Crippen LogP contribution in [-0.2, 0) is 0 Å². The molecular weight excluding hydrogens is 298 g/mol. The number of hydrogen-bond acceptors (Lipinski definition) is 3. The van der Waals surface area contributed by atoms with Crippen molar-refractivity contribution in [2.24, 2.45) is 5.92 Å². The van der Waals surface area contributed by atoms with Crippen LogP contribution in [0.1, 0.15) is 19.3 Å². The minimum absolute atomic E-state index is 0.0132. The molecule has 0 aliphatic heterocycles. The van der Waals surface area contributed by atoms with Gasteiger partial charge in [-0.05, 0) is 37.3 Å². The predicted octanol–water partition coefficient (Wildman–Crippen LogP) is 3.28. The van der Waals surface area contributed by atoms with Crippen molar-refractivity contribution in [1.29, 1.82) is 0 Å². The van der Waals surface area contributed by atoms with Gasteiger partial charge in [0.25, 0.3) is 5.76 Å². The molecule has 7 heteroatoms. The third kappa shape index (κ3) is 5.17. The molecule has 0 aromatic heterocycles. The fraction of sp³-hybridized carbons (Fsp3) is 0.500. The van der Waals surface area contributed by atoms with Gasteiger partial charge in [0.1, 0.15) is 0 Å². The number of hydrogen-bond donors (Lipinski definition) is 3. The Labute approximate surface area is 126 Å². The normalized spacial score (nSPS) is 15.8. The van der Waals surface area contributed by atoms with Crippen molar-refractivity contribution in [3.63, 3.8) is 0 Å². The molecule has 0 saturated heterocycles. The highest BCUT2D eigenvalue weighted by molar-refractivity contribution is 7.99. The minimum Gasteiger partial charge on any atom is -0.396 e. The summed E-state index contributed by atoms with van der Waals surface area (Å²) in [5.74, 6) is -2.13. The third-order valence-electron chi connectivity index (χ3n) is 3.30. The van der Waals surface area contributed by atoms with Gasteiger partial charge in [0.15, 0.2) is 0 Å². The molecule has 0 spiro atoms. The maximum Gasteiger partial charge on any atom is 0.319 e. The van der Waals surface area contributed by atoms with Crippen molar-refractivity contribution in [2.45, 2.75) is 36.0 Å². The van der Waals surface area contributed by atoms with Gasteiger partial charge in [-0.1, -0.05) is 23.9 Å². The van der Waals surface area contributed by atoms with E-state index in [9.17, 15) is 13.6 Å². The molecule has 1 aromatic carbocycles. The van der Waals surface area contributed by atoms with Crippen molar-refractivity contribution < 1.29 is 18.7 Å². The number of aliphatic hydroxyl groups is 1. The van der Waals surface area contributed by atoms with E-state index in [-0.39, 0.29) is 12.6 Å². The number of nitrogens with one attached hydrogen (secondary N) is 2. The van der Waals surface area contributed by atoms with Gasteiger partial charge in [-0.3, -0.25) is 0 Å². The molecule has 1 saturated carbocycles. The fourth-order valence-corrected chi connectivity index (χ4v) is 2.75. The molecular formula is C14H18F2N2O2S. The summed E-state index contributed by atoms with van der Waals surface area (Å²) in [5.41, 5.74) is 0.360. The van der Waals surface area contributed by atoms with Crippen LogP contribution in [0.25, 0.3) is 0 Å². The Kier molecular flexibility index (Phi) is 5.81. The average Bonchev–Trinajstić information content (AvgIpc) is 3.24. The molecule has 1 aliphatic carbocycles. The Morgan fingerprint density at radius 3 is 2.71 bits per heavy atom. The van der Waals surface area contributed by atoms with Crippen molar-refractivity contribution in [3.8, 4) is 0 Å². The van der Waals surface area contributed by atoms with Gasteiger partial charge in [0, 0.05) is 17.5 Å². The zero-order valence-electron chi connectivity index (χ0n) is 11.4. The lowest BCUT2D eigenvalue weighted by molar-refractivity contribution is 0.234. The zero-order valence-corrected chi connectivity index (χ0v) is 12.2. The fourth-order valence-electron chi connectivity index (χ4n) is 2.16. The Balaban J connectivity index is 1.95. The standard InChI is InChI=1S/C14H18F2N2O2S/c15-13(16)21-12-4-2-1-3-11(12)18-14(20)17-10(7-8-19)9-5-6-9/h1-4,9-10,13,19H,5-8H2,(H2,17,18,20). The molecule has 0 radical (unpaired) electrons. The summed E-state index contributed by atoms with van der Waals surface area (Å²) in [6, 6.07) is 5.96. The van der Waals surface area contributed by atoms with E-state index in [1.165, 1.54) is 0 Å². The van der Waals surface area contributed by atoms with E-state index in [4.69, 9.17) is 5.11 Å². The van der Waals surface area contributed by atoms with Gasteiger partial charge >= 0.3 is 6.03 Å². The van der Waals surface area contributed by atoms with Crippen LogP contribution in [-0.4, -0.2) is 29.5 Å². The van der Waals surface area contributed by atoms with Gasteiger partial charge in [0.05, 0.1) is 5.69 Å². The highest BCUT2D eigenvalue weighted by Crippen LogP contribution is 2.34. The first-order valence-electron chi connectivity index (χ1n) is 6.82. The molecule has 1 atom stereocenters. The Morgan fingerprint density at radius 1 is 1.38 bits per heavy atom. The molecule has 116 valence electrons. The summed E-state index contributed by atoms with van der Waals surface area (Å²) < 4.78 is 24.9. The number of carbonyl (C=O) groups excluding carboxylic acids is 1. The summed E-state index contributed by atoms with van der Waals surface area (Å²) >= 11 is 0.399. The number of alkyl halides is 2. The number of amides is 2. The van der Waals surface area contributed by atoms with Crippen LogP contribution in [0.4, 0.5) is 19.3 Å². The first-order chi connectivity index (χ1) is 10.1. The molecule has 1 fully saturated rings. The van der Waals surface area contributed by atoms with Crippen molar-refractivity contribution in [1.82, 2.24) is 5.32 Å². The van der Waals surface area contributed by atoms with E-state index in [0.29, 0.717) is 34.7 Å². The van der Waals surface area contributed by atoms with Crippen molar-refractivity contribution >= 4 is 23.5 Å². The van der Waals surface area contributed by atoms with Gasteiger partial charge < -0.3 is 15.7 Å². The number of benzene rings is 1. The summed E-state index contributed by atoms with van der Waals surface area (Å²) in [6.07, 6.45) is 2.59. The maximum absolute atomic E-state index is 12.5. The second-order valence-corrected chi connectivity index (χ2v) is 5.96. The number of aliphatic hydroxyl groups excluding tert-OH is 1. The van der Waals surface area contributed by atoms with Crippen LogP contribution in [0.2, 0.25) is 0 Å².